The Hall–Kier alpha value is -0.260. The first-order chi connectivity index (χ1) is 13.9. The normalized spacial score (nSPS) is 11.6. The van der Waals surface area contributed by atoms with Crippen LogP contribution in [-0.2, 0) is 0 Å². The zero-order valence-electron chi connectivity index (χ0n) is 19.5. The molecular formula is C28H54. The second kappa shape index (κ2) is 26.7. The highest BCUT2D eigenvalue weighted by atomic mass is 14.0. The fourth-order valence-electron chi connectivity index (χ4n) is 3.94. The number of unbranched alkanes of at least 4 members (excludes halogenated alkanes) is 22. The predicted octanol–water partition coefficient (Wildman–Crippen LogP) is 10.6. The molecule has 0 fully saturated rings. The first kappa shape index (κ1) is 27.7. The number of hydrogen-bond donors (Lipinski definition) is 0. The maximum atomic E-state index is 3.91. The molecule has 0 heteroatoms. The molecule has 0 saturated heterocycles. The van der Waals surface area contributed by atoms with Crippen molar-refractivity contribution in [2.24, 2.45) is 0 Å². The van der Waals surface area contributed by atoms with Gasteiger partial charge in [-0.1, -0.05) is 154 Å². The number of hydrogen-bond acceptors (Lipinski definition) is 0. The highest BCUT2D eigenvalue weighted by molar-refractivity contribution is 4.81. The minimum atomic E-state index is 1.09. The molecule has 0 aliphatic heterocycles. The summed E-state index contributed by atoms with van der Waals surface area (Å²) in [6, 6.07) is 0. The Morgan fingerprint density at radius 2 is 0.500 bits per heavy atom. The first-order valence-electron chi connectivity index (χ1n) is 13.1. The lowest BCUT2D eigenvalue weighted by molar-refractivity contribution is 0.524. The molecular weight excluding hydrogens is 336 g/mol. The topological polar surface area (TPSA) is 0 Å². The fraction of sp³-hybridized carbons (Fsp3) is 0.857. The molecule has 28 heavy (non-hydrogen) atoms. The number of rotatable bonds is 24. The minimum absolute atomic E-state index is 1.09. The summed E-state index contributed by atoms with van der Waals surface area (Å²) < 4.78 is 0. The molecule has 0 atom stereocenters. The molecule has 2 radical (unpaired) electrons. The Morgan fingerprint density at radius 1 is 0.286 bits per heavy atom. The lowest BCUT2D eigenvalue weighted by Gasteiger charge is -2.03. The molecule has 0 aromatic rings. The summed E-state index contributed by atoms with van der Waals surface area (Å²) in [5.74, 6) is 0. The van der Waals surface area contributed by atoms with Gasteiger partial charge in [-0.3, -0.25) is 0 Å². The molecule has 0 spiro atoms. The van der Waals surface area contributed by atoms with E-state index in [1.165, 1.54) is 141 Å². The Morgan fingerprint density at radius 3 is 0.821 bits per heavy atom. The van der Waals surface area contributed by atoms with E-state index in [2.05, 4.69) is 26.0 Å². The van der Waals surface area contributed by atoms with Crippen molar-refractivity contribution < 1.29 is 0 Å². The van der Waals surface area contributed by atoms with E-state index in [1.54, 1.807) is 0 Å². The van der Waals surface area contributed by atoms with Crippen LogP contribution in [0.1, 0.15) is 154 Å². The van der Waals surface area contributed by atoms with E-state index in [0.29, 0.717) is 0 Å². The summed E-state index contributed by atoms with van der Waals surface area (Å²) in [7, 11) is 0. The van der Waals surface area contributed by atoms with Crippen LogP contribution in [0.3, 0.4) is 0 Å². The van der Waals surface area contributed by atoms with Gasteiger partial charge >= 0.3 is 0 Å². The van der Waals surface area contributed by atoms with E-state index in [-0.39, 0.29) is 0 Å². The third-order valence-corrected chi connectivity index (χ3v) is 5.91. The Kier molecular flexibility index (Phi) is 26.5. The molecule has 0 bridgehead atoms. The zero-order valence-corrected chi connectivity index (χ0v) is 19.5. The molecule has 0 rings (SSSR count). The summed E-state index contributed by atoms with van der Waals surface area (Å²) in [5, 5.41) is 0. The van der Waals surface area contributed by atoms with E-state index in [1.807, 2.05) is 0 Å². The summed E-state index contributed by atoms with van der Waals surface area (Å²) in [6.07, 6.45) is 38.2. The first-order valence-corrected chi connectivity index (χ1v) is 13.1. The van der Waals surface area contributed by atoms with Crippen LogP contribution in [-0.4, -0.2) is 0 Å². The van der Waals surface area contributed by atoms with Crippen molar-refractivity contribution >= 4 is 0 Å². The van der Waals surface area contributed by atoms with Crippen LogP contribution in [0.15, 0.2) is 12.2 Å². The Balaban J connectivity index is 3.01. The lowest BCUT2D eigenvalue weighted by atomic mass is 10.0. The zero-order chi connectivity index (χ0) is 20.4. The molecule has 0 nitrogen and oxygen atoms in total. The summed E-state index contributed by atoms with van der Waals surface area (Å²) in [6.45, 7) is 7.80. The maximum Gasteiger partial charge on any atom is -0.0351 e. The van der Waals surface area contributed by atoms with Crippen LogP contribution in [0.25, 0.3) is 0 Å². The van der Waals surface area contributed by atoms with Gasteiger partial charge in [0.05, 0.1) is 0 Å². The quantitative estimate of drug-likeness (QED) is 0.113. The van der Waals surface area contributed by atoms with Crippen LogP contribution in [0.5, 0.6) is 0 Å². The molecule has 0 unspecified atom stereocenters. The van der Waals surface area contributed by atoms with Gasteiger partial charge in [-0.2, -0.15) is 0 Å². The molecule has 0 aromatic heterocycles. The minimum Gasteiger partial charge on any atom is -0.0885 e. The van der Waals surface area contributed by atoms with Crippen molar-refractivity contribution in [1.29, 1.82) is 0 Å². The van der Waals surface area contributed by atoms with E-state index >= 15 is 0 Å². The molecule has 0 amide bonds. The van der Waals surface area contributed by atoms with Gasteiger partial charge in [-0.25, -0.2) is 0 Å². The highest BCUT2D eigenvalue weighted by Crippen LogP contribution is 2.14. The van der Waals surface area contributed by atoms with Crippen molar-refractivity contribution in [2.45, 2.75) is 154 Å². The summed E-state index contributed by atoms with van der Waals surface area (Å²) in [4.78, 5) is 0. The summed E-state index contributed by atoms with van der Waals surface area (Å²) in [5.41, 5.74) is 0. The van der Waals surface area contributed by atoms with Crippen LogP contribution in [0.2, 0.25) is 0 Å². The largest absolute Gasteiger partial charge is 0.0885 e. The van der Waals surface area contributed by atoms with Gasteiger partial charge in [-0.05, 0) is 25.7 Å². The standard InChI is InChI=1S/C28H54/c1-3-5-7-9-11-13-15-17-19-21-23-25-27-28-26-24-22-20-18-16-14-12-10-8-6-4-2/h11,13H,1-10,12,14-28H2/b13-11+. The highest BCUT2D eigenvalue weighted by Gasteiger charge is 1.95. The molecule has 0 aliphatic carbocycles. The average molecular weight is 391 g/mol. The van der Waals surface area contributed by atoms with Gasteiger partial charge in [-0.15, -0.1) is 0 Å². The molecule has 0 N–H and O–H groups in total. The fourth-order valence-corrected chi connectivity index (χ4v) is 3.94. The van der Waals surface area contributed by atoms with Crippen LogP contribution >= 0.6 is 0 Å². The smallest absolute Gasteiger partial charge is 0.0351 e. The van der Waals surface area contributed by atoms with Crippen molar-refractivity contribution in [3.05, 3.63) is 26.0 Å². The van der Waals surface area contributed by atoms with Gasteiger partial charge in [0.1, 0.15) is 0 Å². The van der Waals surface area contributed by atoms with E-state index in [9.17, 15) is 0 Å². The molecule has 0 heterocycles. The lowest BCUT2D eigenvalue weighted by Crippen LogP contribution is -1.84. The SMILES string of the molecule is [CH2]CCCC/C=C/CCCCCCCCCCCCCCCCCCCC[CH2]. The molecule has 166 valence electrons. The number of allylic oxidation sites excluding steroid dienone is 2. The third kappa shape index (κ3) is 25.7. The van der Waals surface area contributed by atoms with E-state index in [0.717, 1.165) is 12.8 Å². The molecule has 0 saturated carbocycles. The van der Waals surface area contributed by atoms with Gasteiger partial charge in [0.2, 0.25) is 0 Å². The van der Waals surface area contributed by atoms with Crippen LogP contribution in [0, 0.1) is 13.8 Å². The second-order valence-corrected chi connectivity index (χ2v) is 8.83. The third-order valence-electron chi connectivity index (χ3n) is 5.91. The van der Waals surface area contributed by atoms with Gasteiger partial charge < -0.3 is 0 Å². The Bertz CT molecular complexity index is 278. The Labute approximate surface area is 180 Å². The van der Waals surface area contributed by atoms with Crippen LogP contribution < -0.4 is 0 Å². The van der Waals surface area contributed by atoms with Gasteiger partial charge in [0.25, 0.3) is 0 Å². The maximum absolute atomic E-state index is 3.91. The summed E-state index contributed by atoms with van der Waals surface area (Å²) >= 11 is 0. The average Bonchev–Trinajstić information content (AvgIpc) is 2.71. The second-order valence-electron chi connectivity index (χ2n) is 8.83. The van der Waals surface area contributed by atoms with Crippen molar-refractivity contribution in [2.75, 3.05) is 0 Å². The monoisotopic (exact) mass is 390 g/mol. The van der Waals surface area contributed by atoms with Crippen molar-refractivity contribution in [1.82, 2.24) is 0 Å². The van der Waals surface area contributed by atoms with E-state index in [4.69, 9.17) is 0 Å². The molecule has 0 aliphatic rings. The van der Waals surface area contributed by atoms with E-state index < -0.39 is 0 Å². The van der Waals surface area contributed by atoms with Gasteiger partial charge in [0.15, 0.2) is 0 Å². The van der Waals surface area contributed by atoms with Crippen LogP contribution in [0.4, 0.5) is 0 Å². The van der Waals surface area contributed by atoms with Crippen molar-refractivity contribution in [3.8, 4) is 0 Å². The predicted molar refractivity (Wildman–Crippen MR) is 131 cm³/mol. The van der Waals surface area contributed by atoms with Gasteiger partial charge in [0, 0.05) is 0 Å². The molecule has 0 aromatic carbocycles. The van der Waals surface area contributed by atoms with Crippen molar-refractivity contribution in [3.63, 3.8) is 0 Å².